The minimum Gasteiger partial charge on any atom is -0.364 e. The van der Waals surface area contributed by atoms with E-state index >= 15 is 0 Å². The summed E-state index contributed by atoms with van der Waals surface area (Å²) in [6, 6.07) is 12.3. The normalized spacial score (nSPS) is 11.7. The van der Waals surface area contributed by atoms with Gasteiger partial charge in [0.15, 0.2) is 0 Å². The van der Waals surface area contributed by atoms with Gasteiger partial charge < -0.3 is 5.32 Å². The highest BCUT2D eigenvalue weighted by molar-refractivity contribution is 6.35. The molecule has 0 bridgehead atoms. The van der Waals surface area contributed by atoms with Crippen molar-refractivity contribution in [3.8, 4) is 6.07 Å². The van der Waals surface area contributed by atoms with Gasteiger partial charge >= 0.3 is 0 Å². The van der Waals surface area contributed by atoms with Crippen molar-refractivity contribution in [3.63, 3.8) is 0 Å². The van der Waals surface area contributed by atoms with Crippen LogP contribution in [0.5, 0.6) is 0 Å². The van der Waals surface area contributed by atoms with Gasteiger partial charge in [-0.3, -0.25) is 0 Å². The lowest BCUT2D eigenvalue weighted by Gasteiger charge is -2.15. The van der Waals surface area contributed by atoms with E-state index in [1.165, 1.54) is 6.07 Å². The topological polar surface area (TPSA) is 35.8 Å². The Labute approximate surface area is 120 Å². The molecule has 1 atom stereocenters. The molecule has 0 amide bonds. The van der Waals surface area contributed by atoms with E-state index in [4.69, 9.17) is 23.2 Å². The average Bonchev–Trinajstić information content (AvgIpc) is 2.39. The van der Waals surface area contributed by atoms with Crippen LogP contribution in [0.4, 0.5) is 10.1 Å². The molecular weight excluding hydrogens is 286 g/mol. The Morgan fingerprint density at radius 3 is 2.53 bits per heavy atom. The lowest BCUT2D eigenvalue weighted by molar-refractivity contribution is 0.629. The number of para-hydroxylation sites is 1. The fourth-order valence-electron chi connectivity index (χ4n) is 1.65. The van der Waals surface area contributed by atoms with Crippen LogP contribution in [0.1, 0.15) is 11.6 Å². The lowest BCUT2D eigenvalue weighted by atomic mass is 10.1. The van der Waals surface area contributed by atoms with Gasteiger partial charge in [-0.05, 0) is 24.3 Å². The van der Waals surface area contributed by atoms with Crippen LogP contribution in [0.15, 0.2) is 42.5 Å². The summed E-state index contributed by atoms with van der Waals surface area (Å²) in [4.78, 5) is 0. The van der Waals surface area contributed by atoms with Crippen LogP contribution in [0.2, 0.25) is 10.0 Å². The molecule has 2 aromatic rings. The highest BCUT2D eigenvalue weighted by atomic mass is 35.5. The molecule has 0 saturated heterocycles. The summed E-state index contributed by atoms with van der Waals surface area (Å²) in [7, 11) is 0. The summed E-state index contributed by atoms with van der Waals surface area (Å²) in [5, 5.41) is 12.9. The van der Waals surface area contributed by atoms with Gasteiger partial charge in [-0.1, -0.05) is 41.4 Å². The number of rotatable bonds is 3. The van der Waals surface area contributed by atoms with E-state index in [2.05, 4.69) is 5.32 Å². The third-order valence-corrected chi connectivity index (χ3v) is 3.14. The largest absolute Gasteiger partial charge is 0.364 e. The molecule has 1 unspecified atom stereocenters. The van der Waals surface area contributed by atoms with Crippen LogP contribution < -0.4 is 5.32 Å². The van der Waals surface area contributed by atoms with Crippen molar-refractivity contribution in [2.24, 2.45) is 0 Å². The molecule has 0 saturated carbocycles. The second kappa shape index (κ2) is 5.92. The zero-order valence-electron chi connectivity index (χ0n) is 9.70. The molecule has 0 spiro atoms. The van der Waals surface area contributed by atoms with E-state index in [1.807, 2.05) is 6.07 Å². The number of halogens is 3. The predicted molar refractivity (Wildman–Crippen MR) is 74.8 cm³/mol. The molecule has 0 fully saturated rings. The summed E-state index contributed by atoms with van der Waals surface area (Å²) >= 11 is 11.8. The Morgan fingerprint density at radius 2 is 1.89 bits per heavy atom. The van der Waals surface area contributed by atoms with Crippen molar-refractivity contribution in [3.05, 3.63) is 63.9 Å². The summed E-state index contributed by atoms with van der Waals surface area (Å²) in [5.41, 5.74) is 0.803. The molecule has 0 aliphatic rings. The van der Waals surface area contributed by atoms with Gasteiger partial charge in [0, 0.05) is 15.6 Å². The Balaban J connectivity index is 2.31. The Bertz CT molecular complexity index is 638. The Morgan fingerprint density at radius 1 is 1.16 bits per heavy atom. The Kier molecular flexibility index (Phi) is 4.26. The zero-order chi connectivity index (χ0) is 13.8. The van der Waals surface area contributed by atoms with Gasteiger partial charge in [-0.2, -0.15) is 5.26 Å². The molecular formula is C14H9Cl2FN2. The monoisotopic (exact) mass is 294 g/mol. The highest BCUT2D eigenvalue weighted by Crippen LogP contribution is 2.29. The summed E-state index contributed by atoms with van der Waals surface area (Å²) in [6.07, 6.45) is 0. The van der Waals surface area contributed by atoms with Crippen LogP contribution in [0.3, 0.4) is 0 Å². The van der Waals surface area contributed by atoms with E-state index < -0.39 is 11.9 Å². The van der Waals surface area contributed by atoms with Crippen molar-refractivity contribution in [2.75, 3.05) is 5.32 Å². The third kappa shape index (κ3) is 3.17. The maximum atomic E-state index is 13.5. The fraction of sp³-hybridized carbons (Fsp3) is 0.0714. The molecule has 0 aliphatic heterocycles. The molecule has 19 heavy (non-hydrogen) atoms. The van der Waals surface area contributed by atoms with Crippen molar-refractivity contribution in [1.29, 1.82) is 5.26 Å². The standard InChI is InChI=1S/C14H9Cl2FN2/c15-9-5-6-10(11(16)7-9)14(8-18)19-13-4-2-1-3-12(13)17/h1-7,14,19H. The number of nitrogens with zero attached hydrogens (tertiary/aromatic N) is 1. The van der Waals surface area contributed by atoms with Gasteiger partial charge in [0.2, 0.25) is 0 Å². The molecule has 2 rings (SSSR count). The first kappa shape index (κ1) is 13.7. The summed E-state index contributed by atoms with van der Waals surface area (Å²) in [6.45, 7) is 0. The van der Waals surface area contributed by atoms with Gasteiger partial charge in [0.25, 0.3) is 0 Å². The van der Waals surface area contributed by atoms with Crippen LogP contribution in [0.25, 0.3) is 0 Å². The van der Waals surface area contributed by atoms with E-state index in [0.29, 0.717) is 15.6 Å². The average molecular weight is 295 g/mol. The van der Waals surface area contributed by atoms with Gasteiger partial charge in [0.1, 0.15) is 11.9 Å². The van der Waals surface area contributed by atoms with Gasteiger partial charge in [0.05, 0.1) is 11.8 Å². The first-order valence-electron chi connectivity index (χ1n) is 5.47. The second-order valence-electron chi connectivity index (χ2n) is 3.85. The number of nitrogens with one attached hydrogen (secondary N) is 1. The Hall–Kier alpha value is -1.76. The first-order valence-corrected chi connectivity index (χ1v) is 6.23. The number of nitriles is 1. The SMILES string of the molecule is N#CC(Nc1ccccc1F)c1ccc(Cl)cc1Cl. The van der Waals surface area contributed by atoms with Crippen LogP contribution in [0, 0.1) is 17.1 Å². The fourth-order valence-corrected chi connectivity index (χ4v) is 2.17. The molecule has 0 aromatic heterocycles. The zero-order valence-corrected chi connectivity index (χ0v) is 11.2. The van der Waals surface area contributed by atoms with Gasteiger partial charge in [-0.25, -0.2) is 4.39 Å². The molecule has 96 valence electrons. The number of hydrogen-bond donors (Lipinski definition) is 1. The number of anilines is 1. The van der Waals surface area contributed by atoms with Crippen LogP contribution in [-0.4, -0.2) is 0 Å². The van der Waals surface area contributed by atoms with Gasteiger partial charge in [-0.15, -0.1) is 0 Å². The van der Waals surface area contributed by atoms with Crippen molar-refractivity contribution in [1.82, 2.24) is 0 Å². The van der Waals surface area contributed by atoms with E-state index in [-0.39, 0.29) is 5.69 Å². The molecule has 2 aromatic carbocycles. The molecule has 0 aliphatic carbocycles. The molecule has 1 N–H and O–H groups in total. The minimum atomic E-state index is -0.748. The number of hydrogen-bond acceptors (Lipinski definition) is 2. The van der Waals surface area contributed by atoms with Crippen molar-refractivity contribution in [2.45, 2.75) is 6.04 Å². The maximum absolute atomic E-state index is 13.5. The minimum absolute atomic E-state index is 0.250. The van der Waals surface area contributed by atoms with Crippen LogP contribution >= 0.6 is 23.2 Å². The molecule has 0 radical (unpaired) electrons. The highest BCUT2D eigenvalue weighted by Gasteiger charge is 2.15. The summed E-state index contributed by atoms with van der Waals surface area (Å²) in [5.74, 6) is -0.423. The van der Waals surface area contributed by atoms with E-state index in [9.17, 15) is 9.65 Å². The quantitative estimate of drug-likeness (QED) is 0.882. The van der Waals surface area contributed by atoms with Crippen LogP contribution in [-0.2, 0) is 0 Å². The molecule has 5 heteroatoms. The van der Waals surface area contributed by atoms with E-state index in [0.717, 1.165) is 0 Å². The van der Waals surface area contributed by atoms with E-state index in [1.54, 1.807) is 36.4 Å². The third-order valence-electron chi connectivity index (χ3n) is 2.58. The smallest absolute Gasteiger partial charge is 0.146 e. The lowest BCUT2D eigenvalue weighted by Crippen LogP contribution is -2.10. The first-order chi connectivity index (χ1) is 9.11. The second-order valence-corrected chi connectivity index (χ2v) is 4.70. The van der Waals surface area contributed by atoms with Crippen molar-refractivity contribution < 1.29 is 4.39 Å². The molecule has 2 nitrogen and oxygen atoms in total. The van der Waals surface area contributed by atoms with Crippen molar-refractivity contribution >= 4 is 28.9 Å². The maximum Gasteiger partial charge on any atom is 0.146 e. The predicted octanol–water partition coefficient (Wildman–Crippen LogP) is 4.81. The number of benzene rings is 2. The molecule has 0 heterocycles. The summed E-state index contributed by atoms with van der Waals surface area (Å²) < 4.78 is 13.5.